The molecule has 0 rings (SSSR count). The summed E-state index contributed by atoms with van der Waals surface area (Å²) in [7, 11) is 0. The Morgan fingerprint density at radius 3 is 1.86 bits per heavy atom. The Morgan fingerprint density at radius 1 is 0.929 bits per heavy atom. The van der Waals surface area contributed by atoms with Gasteiger partial charge in [0.2, 0.25) is 0 Å². The van der Waals surface area contributed by atoms with Crippen LogP contribution in [0.1, 0.15) is 67.2 Å². The molecule has 0 aromatic rings. The Morgan fingerprint density at radius 2 is 1.50 bits per heavy atom. The molecule has 0 aromatic carbocycles. The first-order chi connectivity index (χ1) is 6.52. The second-order valence-corrected chi connectivity index (χ2v) is 5.42. The zero-order valence-corrected chi connectivity index (χ0v) is 11.1. The van der Waals surface area contributed by atoms with Gasteiger partial charge in [-0.25, -0.2) is 0 Å². The summed E-state index contributed by atoms with van der Waals surface area (Å²) in [6, 6.07) is 0. The molecule has 0 aliphatic rings. The molecule has 0 aromatic heterocycles. The van der Waals surface area contributed by atoms with Gasteiger partial charge < -0.3 is 0 Å². The third kappa shape index (κ3) is 5.02. The van der Waals surface area contributed by atoms with E-state index in [2.05, 4.69) is 41.5 Å². The Balaban J connectivity index is 3.96. The van der Waals surface area contributed by atoms with E-state index in [1.807, 2.05) is 0 Å². The van der Waals surface area contributed by atoms with Crippen LogP contribution in [-0.2, 0) is 0 Å². The summed E-state index contributed by atoms with van der Waals surface area (Å²) >= 11 is 0. The van der Waals surface area contributed by atoms with Crippen molar-refractivity contribution in [2.24, 2.45) is 23.7 Å². The van der Waals surface area contributed by atoms with Crippen LogP contribution in [0.25, 0.3) is 0 Å². The maximum Gasteiger partial charge on any atom is -0.0368 e. The molecule has 0 fully saturated rings. The van der Waals surface area contributed by atoms with Crippen LogP contribution in [0.2, 0.25) is 0 Å². The predicted molar refractivity (Wildman–Crippen MR) is 66.5 cm³/mol. The van der Waals surface area contributed by atoms with Crippen LogP contribution in [-0.4, -0.2) is 0 Å². The summed E-state index contributed by atoms with van der Waals surface area (Å²) in [5, 5.41) is 0. The standard InChI is InChI=1S/C14H30/c1-7-9-12(5)10-13(6)14(8-2)11(3)4/h11-14H,7-10H2,1-6H3. The molecular formula is C14H30. The summed E-state index contributed by atoms with van der Waals surface area (Å²) in [5.41, 5.74) is 0. The minimum absolute atomic E-state index is 0.851. The molecular weight excluding hydrogens is 168 g/mol. The van der Waals surface area contributed by atoms with E-state index in [0.29, 0.717) is 0 Å². The topological polar surface area (TPSA) is 0 Å². The molecule has 0 N–H and O–H groups in total. The summed E-state index contributed by atoms with van der Waals surface area (Å²) in [6.07, 6.45) is 5.51. The Hall–Kier alpha value is 0. The van der Waals surface area contributed by atoms with E-state index < -0.39 is 0 Å². The molecule has 0 radical (unpaired) electrons. The molecule has 0 spiro atoms. The number of hydrogen-bond acceptors (Lipinski definition) is 0. The molecule has 0 heteroatoms. The first-order valence-corrected chi connectivity index (χ1v) is 6.52. The lowest BCUT2D eigenvalue weighted by Gasteiger charge is -2.28. The highest BCUT2D eigenvalue weighted by molar-refractivity contribution is 4.70. The van der Waals surface area contributed by atoms with Gasteiger partial charge in [-0.2, -0.15) is 0 Å². The Bertz CT molecular complexity index is 126. The quantitative estimate of drug-likeness (QED) is 0.532. The van der Waals surface area contributed by atoms with Gasteiger partial charge in [-0.15, -0.1) is 0 Å². The third-order valence-electron chi connectivity index (χ3n) is 3.61. The zero-order valence-electron chi connectivity index (χ0n) is 11.1. The van der Waals surface area contributed by atoms with Gasteiger partial charge in [-0.3, -0.25) is 0 Å². The largest absolute Gasteiger partial charge is 0.0654 e. The van der Waals surface area contributed by atoms with Crippen LogP contribution in [0.4, 0.5) is 0 Å². The average molecular weight is 198 g/mol. The van der Waals surface area contributed by atoms with Crippen molar-refractivity contribution >= 4 is 0 Å². The second-order valence-electron chi connectivity index (χ2n) is 5.42. The summed E-state index contributed by atoms with van der Waals surface area (Å²) < 4.78 is 0. The molecule has 0 saturated carbocycles. The average Bonchev–Trinajstić information content (AvgIpc) is 2.04. The van der Waals surface area contributed by atoms with Gasteiger partial charge in [-0.1, -0.05) is 60.8 Å². The minimum atomic E-state index is 0.851. The fourth-order valence-electron chi connectivity index (χ4n) is 2.95. The van der Waals surface area contributed by atoms with Gasteiger partial charge in [0.15, 0.2) is 0 Å². The highest BCUT2D eigenvalue weighted by atomic mass is 14.3. The van der Waals surface area contributed by atoms with Crippen molar-refractivity contribution in [3.8, 4) is 0 Å². The van der Waals surface area contributed by atoms with Gasteiger partial charge in [0.05, 0.1) is 0 Å². The smallest absolute Gasteiger partial charge is 0.0368 e. The van der Waals surface area contributed by atoms with E-state index in [-0.39, 0.29) is 0 Å². The van der Waals surface area contributed by atoms with Gasteiger partial charge in [0.25, 0.3) is 0 Å². The molecule has 0 aliphatic heterocycles. The van der Waals surface area contributed by atoms with Crippen LogP contribution in [0.3, 0.4) is 0 Å². The number of rotatable bonds is 7. The van der Waals surface area contributed by atoms with Crippen molar-refractivity contribution in [1.29, 1.82) is 0 Å². The summed E-state index contributed by atoms with van der Waals surface area (Å²) in [5.74, 6) is 3.60. The lowest BCUT2D eigenvalue weighted by atomic mass is 9.78. The van der Waals surface area contributed by atoms with E-state index in [1.54, 1.807) is 0 Å². The highest BCUT2D eigenvalue weighted by Crippen LogP contribution is 2.30. The molecule has 0 nitrogen and oxygen atoms in total. The predicted octanol–water partition coefficient (Wildman–Crippen LogP) is 5.13. The normalized spacial score (nSPS) is 18.2. The maximum absolute atomic E-state index is 2.44. The molecule has 14 heavy (non-hydrogen) atoms. The van der Waals surface area contributed by atoms with Crippen molar-refractivity contribution in [3.05, 3.63) is 0 Å². The Kier molecular flexibility index (Phi) is 7.31. The first-order valence-electron chi connectivity index (χ1n) is 6.52. The highest BCUT2D eigenvalue weighted by Gasteiger charge is 2.20. The van der Waals surface area contributed by atoms with Crippen molar-refractivity contribution < 1.29 is 0 Å². The van der Waals surface area contributed by atoms with Crippen molar-refractivity contribution in [1.82, 2.24) is 0 Å². The van der Waals surface area contributed by atoms with Crippen LogP contribution in [0.5, 0.6) is 0 Å². The van der Waals surface area contributed by atoms with Crippen molar-refractivity contribution in [2.75, 3.05) is 0 Å². The van der Waals surface area contributed by atoms with E-state index in [9.17, 15) is 0 Å². The van der Waals surface area contributed by atoms with Crippen LogP contribution >= 0.6 is 0 Å². The van der Waals surface area contributed by atoms with E-state index in [0.717, 1.165) is 23.7 Å². The first kappa shape index (κ1) is 14.0. The van der Waals surface area contributed by atoms with Crippen LogP contribution < -0.4 is 0 Å². The minimum Gasteiger partial charge on any atom is -0.0654 e. The molecule has 0 bridgehead atoms. The van der Waals surface area contributed by atoms with E-state index in [4.69, 9.17) is 0 Å². The second kappa shape index (κ2) is 7.31. The third-order valence-corrected chi connectivity index (χ3v) is 3.61. The summed E-state index contributed by atoms with van der Waals surface area (Å²) in [6.45, 7) is 14.2. The van der Waals surface area contributed by atoms with Crippen molar-refractivity contribution in [2.45, 2.75) is 67.2 Å². The van der Waals surface area contributed by atoms with Crippen molar-refractivity contribution in [3.63, 3.8) is 0 Å². The van der Waals surface area contributed by atoms with Crippen LogP contribution in [0.15, 0.2) is 0 Å². The summed E-state index contributed by atoms with van der Waals surface area (Å²) in [4.78, 5) is 0. The SMILES string of the molecule is CCCC(C)CC(C)C(CC)C(C)C. The maximum atomic E-state index is 2.44. The molecule has 86 valence electrons. The Labute approximate surface area is 91.5 Å². The molecule has 0 heterocycles. The monoisotopic (exact) mass is 198 g/mol. The van der Waals surface area contributed by atoms with Gasteiger partial charge >= 0.3 is 0 Å². The molecule has 3 unspecified atom stereocenters. The molecule has 0 saturated heterocycles. The molecule has 0 aliphatic carbocycles. The molecule has 3 atom stereocenters. The van der Waals surface area contributed by atoms with Crippen LogP contribution in [0, 0.1) is 23.7 Å². The lowest BCUT2D eigenvalue weighted by Crippen LogP contribution is -2.19. The molecule has 0 amide bonds. The number of hydrogen-bond donors (Lipinski definition) is 0. The zero-order chi connectivity index (χ0) is 11.1. The fourth-order valence-corrected chi connectivity index (χ4v) is 2.95. The van der Waals surface area contributed by atoms with Gasteiger partial charge in [-0.05, 0) is 30.1 Å². The van der Waals surface area contributed by atoms with E-state index >= 15 is 0 Å². The van der Waals surface area contributed by atoms with Gasteiger partial charge in [0.1, 0.15) is 0 Å². The lowest BCUT2D eigenvalue weighted by molar-refractivity contribution is 0.222. The fraction of sp³-hybridized carbons (Fsp3) is 1.00. The van der Waals surface area contributed by atoms with E-state index in [1.165, 1.54) is 25.7 Å². The van der Waals surface area contributed by atoms with Gasteiger partial charge in [0, 0.05) is 0 Å².